The van der Waals surface area contributed by atoms with E-state index < -0.39 is 0 Å². The van der Waals surface area contributed by atoms with Crippen molar-refractivity contribution < 1.29 is 9.59 Å². The SMILES string of the molecule is CC1CCN(c2ccc(C(=O)Cc3ccc4c(cnn4-c4ccc(CC(=O)c5cccs5)cc4)c3)cc2)C1. The van der Waals surface area contributed by atoms with Gasteiger partial charge in [0, 0.05) is 42.6 Å². The van der Waals surface area contributed by atoms with E-state index in [1.807, 2.05) is 83.0 Å². The van der Waals surface area contributed by atoms with Crippen LogP contribution in [0.2, 0.25) is 0 Å². The lowest BCUT2D eigenvalue weighted by atomic mass is 10.0. The van der Waals surface area contributed by atoms with Gasteiger partial charge in [0.25, 0.3) is 0 Å². The van der Waals surface area contributed by atoms with Gasteiger partial charge in [-0.1, -0.05) is 31.2 Å². The highest BCUT2D eigenvalue weighted by molar-refractivity contribution is 7.12. The number of carbonyl (C=O) groups is 2. The number of hydrogen-bond donors (Lipinski definition) is 0. The molecule has 1 atom stereocenters. The summed E-state index contributed by atoms with van der Waals surface area (Å²) >= 11 is 1.47. The molecule has 3 aromatic carbocycles. The zero-order chi connectivity index (χ0) is 26.1. The third-order valence-electron chi connectivity index (χ3n) is 7.32. The topological polar surface area (TPSA) is 55.2 Å². The van der Waals surface area contributed by atoms with Crippen molar-refractivity contribution in [1.29, 1.82) is 0 Å². The number of benzene rings is 3. The molecule has 0 N–H and O–H groups in total. The second-order valence-corrected chi connectivity index (χ2v) is 11.1. The maximum atomic E-state index is 13.0. The molecule has 0 radical (unpaired) electrons. The van der Waals surface area contributed by atoms with Gasteiger partial charge in [-0.2, -0.15) is 5.10 Å². The Labute approximate surface area is 226 Å². The fraction of sp³-hybridized carbons (Fsp3) is 0.219. The van der Waals surface area contributed by atoms with Crippen LogP contribution in [-0.2, 0) is 12.8 Å². The van der Waals surface area contributed by atoms with E-state index in [-0.39, 0.29) is 11.6 Å². The summed E-state index contributed by atoms with van der Waals surface area (Å²) in [6.07, 6.45) is 3.80. The maximum absolute atomic E-state index is 13.0. The summed E-state index contributed by atoms with van der Waals surface area (Å²) in [6, 6.07) is 25.8. The van der Waals surface area contributed by atoms with Crippen LogP contribution in [0.4, 0.5) is 5.69 Å². The molecule has 1 aliphatic heterocycles. The molecule has 0 bridgehead atoms. The van der Waals surface area contributed by atoms with Crippen LogP contribution >= 0.6 is 11.3 Å². The molecule has 0 spiro atoms. The van der Waals surface area contributed by atoms with E-state index in [1.54, 1.807) is 0 Å². The standard InChI is InChI=1S/C32H29N3O2S/c1-22-14-15-34(21-22)27-11-7-25(8-12-27)30(36)19-24-6-13-29-26(17-24)20-33-35(29)28-9-4-23(5-10-28)18-31(37)32-3-2-16-38-32/h2-13,16-17,20,22H,14-15,18-19,21H2,1H3. The van der Waals surface area contributed by atoms with Crippen molar-refractivity contribution in [2.75, 3.05) is 18.0 Å². The van der Waals surface area contributed by atoms with Crippen LogP contribution in [0.5, 0.6) is 0 Å². The largest absolute Gasteiger partial charge is 0.371 e. The van der Waals surface area contributed by atoms with Crippen molar-refractivity contribution in [1.82, 2.24) is 9.78 Å². The van der Waals surface area contributed by atoms with Crippen LogP contribution in [0.1, 0.15) is 44.5 Å². The van der Waals surface area contributed by atoms with Gasteiger partial charge >= 0.3 is 0 Å². The van der Waals surface area contributed by atoms with E-state index in [9.17, 15) is 9.59 Å². The number of carbonyl (C=O) groups excluding carboxylic acids is 2. The number of nitrogens with zero attached hydrogens (tertiary/aromatic N) is 3. The summed E-state index contributed by atoms with van der Waals surface area (Å²) in [5.74, 6) is 0.976. The van der Waals surface area contributed by atoms with Crippen molar-refractivity contribution >= 4 is 39.5 Å². The minimum atomic E-state index is 0.116. The van der Waals surface area contributed by atoms with Crippen LogP contribution in [-0.4, -0.2) is 34.4 Å². The van der Waals surface area contributed by atoms with Gasteiger partial charge in [0.15, 0.2) is 11.6 Å². The van der Waals surface area contributed by atoms with Gasteiger partial charge in [-0.15, -0.1) is 11.3 Å². The molecule has 38 heavy (non-hydrogen) atoms. The molecule has 0 amide bonds. The summed E-state index contributed by atoms with van der Waals surface area (Å²) in [5, 5.41) is 7.51. The van der Waals surface area contributed by atoms with Gasteiger partial charge in [0.05, 0.1) is 22.3 Å². The van der Waals surface area contributed by atoms with Crippen LogP contribution in [0, 0.1) is 5.92 Å². The van der Waals surface area contributed by atoms with Crippen molar-refractivity contribution in [3.63, 3.8) is 0 Å². The molecular formula is C32H29N3O2S. The van der Waals surface area contributed by atoms with Crippen LogP contribution in [0.25, 0.3) is 16.6 Å². The molecule has 1 saturated heterocycles. The minimum Gasteiger partial charge on any atom is -0.371 e. The number of Topliss-reactive ketones (excluding diaryl/α,β-unsaturated/α-hetero) is 2. The Kier molecular flexibility index (Phi) is 6.64. The van der Waals surface area contributed by atoms with Crippen LogP contribution in [0.3, 0.4) is 0 Å². The first-order chi connectivity index (χ1) is 18.5. The molecule has 5 nitrogen and oxygen atoms in total. The number of hydrogen-bond acceptors (Lipinski definition) is 5. The minimum absolute atomic E-state index is 0.116. The Morgan fingerprint density at radius 3 is 2.34 bits per heavy atom. The number of thiophene rings is 1. The number of ketones is 2. The zero-order valence-electron chi connectivity index (χ0n) is 21.3. The molecular weight excluding hydrogens is 490 g/mol. The molecule has 1 fully saturated rings. The monoisotopic (exact) mass is 519 g/mol. The number of anilines is 1. The number of rotatable bonds is 8. The van der Waals surface area contributed by atoms with Gasteiger partial charge < -0.3 is 4.90 Å². The predicted molar refractivity (Wildman–Crippen MR) is 154 cm³/mol. The third kappa shape index (κ3) is 5.04. The lowest BCUT2D eigenvalue weighted by Crippen LogP contribution is -2.19. The third-order valence-corrected chi connectivity index (χ3v) is 8.23. The first kappa shape index (κ1) is 24.3. The highest BCUT2D eigenvalue weighted by Crippen LogP contribution is 2.25. The van der Waals surface area contributed by atoms with Gasteiger partial charge in [0.2, 0.25) is 0 Å². The zero-order valence-corrected chi connectivity index (χ0v) is 22.2. The van der Waals surface area contributed by atoms with E-state index in [4.69, 9.17) is 0 Å². The molecule has 5 aromatic rings. The van der Waals surface area contributed by atoms with Crippen LogP contribution < -0.4 is 4.90 Å². The predicted octanol–water partition coefficient (Wildman–Crippen LogP) is 6.78. The van der Waals surface area contributed by atoms with E-state index >= 15 is 0 Å². The second-order valence-electron chi connectivity index (χ2n) is 10.2. The Morgan fingerprint density at radius 1 is 0.895 bits per heavy atom. The van der Waals surface area contributed by atoms with Crippen LogP contribution in [0.15, 0.2) is 90.4 Å². The molecule has 0 aliphatic carbocycles. The molecule has 6 heteroatoms. The molecule has 6 rings (SSSR count). The molecule has 1 unspecified atom stereocenters. The fourth-order valence-electron chi connectivity index (χ4n) is 5.18. The van der Waals surface area contributed by atoms with Gasteiger partial charge in [-0.25, -0.2) is 4.68 Å². The van der Waals surface area contributed by atoms with Crippen molar-refractivity contribution in [3.05, 3.63) is 112 Å². The fourth-order valence-corrected chi connectivity index (χ4v) is 5.84. The van der Waals surface area contributed by atoms with Gasteiger partial charge in [-0.3, -0.25) is 9.59 Å². The first-order valence-electron chi connectivity index (χ1n) is 13.0. The first-order valence-corrected chi connectivity index (χ1v) is 13.9. The van der Waals surface area contributed by atoms with E-state index in [0.717, 1.165) is 57.2 Å². The molecule has 2 aromatic heterocycles. The Hall–Kier alpha value is -4.03. The molecule has 3 heterocycles. The lowest BCUT2D eigenvalue weighted by Gasteiger charge is -2.18. The molecule has 1 aliphatic rings. The number of fused-ring (bicyclic) bond motifs is 1. The second kappa shape index (κ2) is 10.4. The lowest BCUT2D eigenvalue weighted by molar-refractivity contribution is 0.0986. The van der Waals surface area contributed by atoms with Crippen molar-refractivity contribution in [2.45, 2.75) is 26.2 Å². The summed E-state index contributed by atoms with van der Waals surface area (Å²) in [7, 11) is 0. The Balaban J connectivity index is 1.13. The number of aromatic nitrogens is 2. The summed E-state index contributed by atoms with van der Waals surface area (Å²) in [5.41, 5.74) is 5.81. The van der Waals surface area contributed by atoms with E-state index in [2.05, 4.69) is 29.1 Å². The average molecular weight is 520 g/mol. The summed E-state index contributed by atoms with van der Waals surface area (Å²) in [6.45, 7) is 4.45. The normalized spacial score (nSPS) is 15.3. The maximum Gasteiger partial charge on any atom is 0.177 e. The summed E-state index contributed by atoms with van der Waals surface area (Å²) in [4.78, 5) is 28.6. The van der Waals surface area contributed by atoms with Crippen molar-refractivity contribution in [3.8, 4) is 5.69 Å². The summed E-state index contributed by atoms with van der Waals surface area (Å²) < 4.78 is 1.89. The van der Waals surface area contributed by atoms with Crippen molar-refractivity contribution in [2.24, 2.45) is 5.92 Å². The van der Waals surface area contributed by atoms with Gasteiger partial charge in [0.1, 0.15) is 0 Å². The van der Waals surface area contributed by atoms with E-state index in [1.165, 1.54) is 23.4 Å². The van der Waals surface area contributed by atoms with Gasteiger partial charge in [-0.05, 0) is 83.4 Å². The highest BCUT2D eigenvalue weighted by atomic mass is 32.1. The Bertz CT molecular complexity index is 1580. The Morgan fingerprint density at radius 2 is 1.63 bits per heavy atom. The quantitative estimate of drug-likeness (QED) is 0.212. The molecule has 190 valence electrons. The average Bonchev–Trinajstić information content (AvgIpc) is 3.70. The highest BCUT2D eigenvalue weighted by Gasteiger charge is 2.19. The molecule has 0 saturated carbocycles. The smallest absolute Gasteiger partial charge is 0.177 e. The van der Waals surface area contributed by atoms with E-state index in [0.29, 0.717) is 12.8 Å².